The summed E-state index contributed by atoms with van der Waals surface area (Å²) in [5, 5.41) is 16.8. The Morgan fingerprint density at radius 2 is 1.70 bits per heavy atom. The van der Waals surface area contributed by atoms with Crippen LogP contribution in [-0.2, 0) is 0 Å². The quantitative estimate of drug-likeness (QED) is 0.603. The molecule has 0 radical (unpaired) electrons. The van der Waals surface area contributed by atoms with Gasteiger partial charge in [0.2, 0.25) is 5.95 Å². The van der Waals surface area contributed by atoms with E-state index in [1.165, 1.54) is 19.3 Å². The van der Waals surface area contributed by atoms with Crippen LogP contribution >= 0.6 is 0 Å². The van der Waals surface area contributed by atoms with Crippen LogP contribution in [0.5, 0.6) is 0 Å². The molecule has 4 rings (SSSR count). The summed E-state index contributed by atoms with van der Waals surface area (Å²) in [5.74, 6) is 0.398. The summed E-state index contributed by atoms with van der Waals surface area (Å²) < 4.78 is 0. The number of fused-ring (bicyclic) bond motifs is 1. The summed E-state index contributed by atoms with van der Waals surface area (Å²) in [7, 11) is 0. The van der Waals surface area contributed by atoms with Gasteiger partial charge in [-0.25, -0.2) is 9.78 Å². The highest BCUT2D eigenvalue weighted by atomic mass is 16.4. The van der Waals surface area contributed by atoms with Gasteiger partial charge in [-0.2, -0.15) is 4.98 Å². The summed E-state index contributed by atoms with van der Waals surface area (Å²) in [5.41, 5.74) is 1.87. The molecular weight excluding hydrogens is 340 g/mol. The Bertz CT molecular complexity index is 950. The van der Waals surface area contributed by atoms with Crippen LogP contribution in [0.25, 0.3) is 10.9 Å². The number of aromatic carboxylic acids is 1. The molecule has 0 aliphatic heterocycles. The molecule has 2 aromatic carbocycles. The topological polar surface area (TPSA) is 87.1 Å². The van der Waals surface area contributed by atoms with Crippen LogP contribution in [-0.4, -0.2) is 27.1 Å². The van der Waals surface area contributed by atoms with E-state index in [1.807, 2.05) is 24.3 Å². The lowest BCUT2D eigenvalue weighted by atomic mass is 9.95. The minimum Gasteiger partial charge on any atom is -0.478 e. The normalized spacial score (nSPS) is 14.8. The number of aromatic nitrogens is 2. The van der Waals surface area contributed by atoms with Gasteiger partial charge in [0.25, 0.3) is 0 Å². The molecule has 138 valence electrons. The van der Waals surface area contributed by atoms with Crippen LogP contribution < -0.4 is 10.6 Å². The first-order chi connectivity index (χ1) is 13.2. The number of hydrogen-bond donors (Lipinski definition) is 3. The van der Waals surface area contributed by atoms with Crippen molar-refractivity contribution in [2.45, 2.75) is 38.1 Å². The van der Waals surface area contributed by atoms with Crippen LogP contribution in [0.2, 0.25) is 0 Å². The van der Waals surface area contributed by atoms with Gasteiger partial charge in [-0.1, -0.05) is 31.4 Å². The maximum atomic E-state index is 11.0. The molecule has 0 saturated heterocycles. The van der Waals surface area contributed by atoms with E-state index in [2.05, 4.69) is 15.6 Å². The molecule has 6 nitrogen and oxygen atoms in total. The fourth-order valence-electron chi connectivity index (χ4n) is 3.51. The molecule has 1 fully saturated rings. The lowest BCUT2D eigenvalue weighted by molar-refractivity contribution is 0.0697. The highest BCUT2D eigenvalue weighted by molar-refractivity contribution is 5.90. The Morgan fingerprint density at radius 1 is 0.963 bits per heavy atom. The number of para-hydroxylation sites is 1. The summed E-state index contributed by atoms with van der Waals surface area (Å²) >= 11 is 0. The van der Waals surface area contributed by atoms with E-state index in [1.54, 1.807) is 24.3 Å². The molecule has 1 aliphatic rings. The largest absolute Gasteiger partial charge is 0.478 e. The zero-order chi connectivity index (χ0) is 18.6. The molecule has 0 bridgehead atoms. The number of anilines is 3. The minimum atomic E-state index is -0.942. The first-order valence-electron chi connectivity index (χ1n) is 9.33. The third-order valence-corrected chi connectivity index (χ3v) is 4.94. The molecule has 1 aliphatic carbocycles. The average Bonchev–Trinajstić information content (AvgIpc) is 2.69. The molecule has 1 saturated carbocycles. The van der Waals surface area contributed by atoms with Crippen molar-refractivity contribution in [3.63, 3.8) is 0 Å². The van der Waals surface area contributed by atoms with Crippen LogP contribution in [0.4, 0.5) is 17.5 Å². The molecule has 3 N–H and O–H groups in total. The Balaban J connectivity index is 1.63. The summed E-state index contributed by atoms with van der Waals surface area (Å²) in [4.78, 5) is 20.3. The fraction of sp³-hybridized carbons (Fsp3) is 0.286. The van der Waals surface area contributed by atoms with E-state index in [-0.39, 0.29) is 5.56 Å². The number of carboxylic acids is 1. The van der Waals surface area contributed by atoms with Gasteiger partial charge in [0, 0.05) is 17.1 Å². The number of rotatable bonds is 5. The number of carbonyl (C=O) groups is 1. The van der Waals surface area contributed by atoms with Gasteiger partial charge in [-0.3, -0.25) is 0 Å². The monoisotopic (exact) mass is 362 g/mol. The van der Waals surface area contributed by atoms with Crippen molar-refractivity contribution in [2.24, 2.45) is 0 Å². The van der Waals surface area contributed by atoms with Crippen molar-refractivity contribution in [1.29, 1.82) is 0 Å². The average molecular weight is 362 g/mol. The van der Waals surface area contributed by atoms with Crippen LogP contribution in [0.15, 0.2) is 48.5 Å². The Morgan fingerprint density at radius 3 is 2.44 bits per heavy atom. The molecular formula is C21H22N4O2. The van der Waals surface area contributed by atoms with E-state index in [9.17, 15) is 4.79 Å². The summed E-state index contributed by atoms with van der Waals surface area (Å²) in [6.07, 6.45) is 6.14. The second kappa shape index (κ2) is 7.61. The molecule has 1 aromatic heterocycles. The Hall–Kier alpha value is -3.15. The third-order valence-electron chi connectivity index (χ3n) is 4.94. The van der Waals surface area contributed by atoms with E-state index >= 15 is 0 Å². The molecule has 0 unspecified atom stereocenters. The highest BCUT2D eigenvalue weighted by Crippen LogP contribution is 2.27. The highest BCUT2D eigenvalue weighted by Gasteiger charge is 2.16. The maximum absolute atomic E-state index is 11.0. The number of nitrogens with zero attached hydrogens (tertiary/aromatic N) is 2. The maximum Gasteiger partial charge on any atom is 0.335 e. The zero-order valence-electron chi connectivity index (χ0n) is 15.0. The Labute approximate surface area is 157 Å². The van der Waals surface area contributed by atoms with Crippen molar-refractivity contribution in [3.8, 4) is 0 Å². The minimum absolute atomic E-state index is 0.250. The van der Waals surface area contributed by atoms with Crippen LogP contribution in [0, 0.1) is 0 Å². The first kappa shape index (κ1) is 17.3. The number of nitrogens with one attached hydrogen (secondary N) is 2. The Kier molecular flexibility index (Phi) is 4.87. The van der Waals surface area contributed by atoms with Crippen molar-refractivity contribution in [1.82, 2.24) is 9.97 Å². The lowest BCUT2D eigenvalue weighted by Crippen LogP contribution is -2.23. The van der Waals surface area contributed by atoms with Gasteiger partial charge < -0.3 is 15.7 Å². The van der Waals surface area contributed by atoms with Gasteiger partial charge >= 0.3 is 5.97 Å². The predicted molar refractivity (Wildman–Crippen MR) is 107 cm³/mol. The molecule has 27 heavy (non-hydrogen) atoms. The molecule has 0 atom stereocenters. The first-order valence-corrected chi connectivity index (χ1v) is 9.33. The molecule has 0 amide bonds. The molecule has 3 aromatic rings. The summed E-state index contributed by atoms with van der Waals surface area (Å²) in [6, 6.07) is 15.0. The van der Waals surface area contributed by atoms with Crippen molar-refractivity contribution in [2.75, 3.05) is 10.6 Å². The second-order valence-corrected chi connectivity index (χ2v) is 6.90. The smallest absolute Gasteiger partial charge is 0.335 e. The fourth-order valence-corrected chi connectivity index (χ4v) is 3.51. The standard InChI is InChI=1S/C21H22N4O2/c26-20(27)14-10-12-16(13-11-14)23-21-24-18-9-5-4-8-17(18)19(25-21)22-15-6-2-1-3-7-15/h4-5,8-13,15H,1-3,6-7H2,(H,26,27)(H2,22,23,24,25). The van der Waals surface area contributed by atoms with E-state index in [0.717, 1.165) is 35.2 Å². The summed E-state index contributed by atoms with van der Waals surface area (Å²) in [6.45, 7) is 0. The van der Waals surface area contributed by atoms with E-state index in [4.69, 9.17) is 10.1 Å². The lowest BCUT2D eigenvalue weighted by Gasteiger charge is -2.24. The van der Waals surface area contributed by atoms with Crippen molar-refractivity contribution in [3.05, 3.63) is 54.1 Å². The van der Waals surface area contributed by atoms with Crippen LogP contribution in [0.3, 0.4) is 0 Å². The third kappa shape index (κ3) is 4.00. The van der Waals surface area contributed by atoms with Gasteiger partial charge in [-0.15, -0.1) is 0 Å². The van der Waals surface area contributed by atoms with Crippen molar-refractivity contribution < 1.29 is 9.90 Å². The SMILES string of the molecule is O=C(O)c1ccc(Nc2nc(NC3CCCCC3)c3ccccc3n2)cc1. The van der Waals surface area contributed by atoms with Gasteiger partial charge in [-0.05, 0) is 49.2 Å². The second-order valence-electron chi connectivity index (χ2n) is 6.90. The molecule has 6 heteroatoms. The van der Waals surface area contributed by atoms with E-state index < -0.39 is 5.97 Å². The van der Waals surface area contributed by atoms with Crippen molar-refractivity contribution >= 4 is 34.3 Å². The number of benzene rings is 2. The predicted octanol–water partition coefficient (Wildman–Crippen LogP) is 4.82. The van der Waals surface area contributed by atoms with E-state index in [0.29, 0.717) is 12.0 Å². The van der Waals surface area contributed by atoms with Gasteiger partial charge in [0.15, 0.2) is 0 Å². The van der Waals surface area contributed by atoms with Gasteiger partial charge in [0.1, 0.15) is 5.82 Å². The van der Waals surface area contributed by atoms with Gasteiger partial charge in [0.05, 0.1) is 11.1 Å². The molecule has 0 spiro atoms. The van der Waals surface area contributed by atoms with Crippen LogP contribution in [0.1, 0.15) is 42.5 Å². The zero-order valence-corrected chi connectivity index (χ0v) is 15.0. The molecule has 1 heterocycles. The number of hydrogen-bond acceptors (Lipinski definition) is 5. The number of carboxylic acid groups (broad SMARTS) is 1.